The summed E-state index contributed by atoms with van der Waals surface area (Å²) in [4.78, 5) is 24.7. The third-order valence-electron chi connectivity index (χ3n) is 3.36. The smallest absolute Gasteiger partial charge is 0.275 e. The van der Waals surface area contributed by atoms with Gasteiger partial charge >= 0.3 is 0 Å². The van der Waals surface area contributed by atoms with Crippen molar-refractivity contribution in [3.05, 3.63) is 54.4 Å². The number of nitrogens with zero attached hydrogens (tertiary/aromatic N) is 3. The number of carbonyl (C=O) groups excluding carboxylic acids is 1. The van der Waals surface area contributed by atoms with Crippen molar-refractivity contribution in [3.8, 4) is 0 Å². The summed E-state index contributed by atoms with van der Waals surface area (Å²) in [7, 11) is 0. The molecular weight excluding hydrogens is 309 g/mol. The van der Waals surface area contributed by atoms with E-state index < -0.39 is 11.7 Å². The van der Waals surface area contributed by atoms with Gasteiger partial charge in [0.1, 0.15) is 17.3 Å². The lowest BCUT2D eigenvalue weighted by Crippen LogP contribution is -2.15. The fourth-order valence-corrected chi connectivity index (χ4v) is 2.23. The molecule has 2 aromatic heterocycles. The Bertz CT molecular complexity index is 866. The van der Waals surface area contributed by atoms with Gasteiger partial charge in [0.25, 0.3) is 5.91 Å². The van der Waals surface area contributed by atoms with Gasteiger partial charge in [-0.3, -0.25) is 9.78 Å². The highest BCUT2D eigenvalue weighted by Crippen LogP contribution is 2.23. The van der Waals surface area contributed by atoms with Crippen molar-refractivity contribution in [2.24, 2.45) is 0 Å². The molecule has 0 saturated heterocycles. The van der Waals surface area contributed by atoms with Gasteiger partial charge in [0.15, 0.2) is 0 Å². The van der Waals surface area contributed by atoms with Crippen molar-refractivity contribution < 1.29 is 9.18 Å². The predicted octanol–water partition coefficient (Wildman–Crippen LogP) is 3.24. The maximum Gasteiger partial charge on any atom is 0.275 e. The van der Waals surface area contributed by atoms with Crippen LogP contribution in [0.2, 0.25) is 0 Å². The number of anilines is 2. The summed E-state index contributed by atoms with van der Waals surface area (Å²) in [5, 5.41) is 6.33. The Hall–Kier alpha value is -3.09. The average Bonchev–Trinajstić information content (AvgIpc) is 2.60. The van der Waals surface area contributed by atoms with Crippen LogP contribution in [0.15, 0.2) is 42.9 Å². The molecule has 3 rings (SSSR count). The number of hydrogen-bond acceptors (Lipinski definition) is 5. The SMILES string of the molecule is CCCNc1cnc(C(=O)Nc2cc(F)cc3cccnc23)cn1. The van der Waals surface area contributed by atoms with Gasteiger partial charge < -0.3 is 10.6 Å². The lowest BCUT2D eigenvalue weighted by molar-refractivity contribution is 0.102. The van der Waals surface area contributed by atoms with E-state index in [0.29, 0.717) is 22.4 Å². The Balaban J connectivity index is 1.82. The molecule has 0 radical (unpaired) electrons. The molecule has 7 heteroatoms. The Morgan fingerprint density at radius 1 is 1.21 bits per heavy atom. The second kappa shape index (κ2) is 6.99. The third kappa shape index (κ3) is 3.45. The average molecular weight is 325 g/mol. The molecule has 3 aromatic rings. The monoisotopic (exact) mass is 325 g/mol. The van der Waals surface area contributed by atoms with Gasteiger partial charge in [-0.05, 0) is 24.6 Å². The van der Waals surface area contributed by atoms with Crippen LogP contribution < -0.4 is 10.6 Å². The fraction of sp³-hybridized carbons (Fsp3) is 0.176. The minimum atomic E-state index is -0.470. The van der Waals surface area contributed by atoms with Crippen LogP contribution in [0.4, 0.5) is 15.9 Å². The summed E-state index contributed by atoms with van der Waals surface area (Å²) >= 11 is 0. The van der Waals surface area contributed by atoms with E-state index >= 15 is 0 Å². The molecule has 122 valence electrons. The van der Waals surface area contributed by atoms with Crippen LogP contribution >= 0.6 is 0 Å². The molecule has 0 unspecified atom stereocenters. The number of halogens is 1. The molecule has 0 spiro atoms. The van der Waals surface area contributed by atoms with Crippen molar-refractivity contribution in [2.45, 2.75) is 13.3 Å². The molecule has 0 fully saturated rings. The summed E-state index contributed by atoms with van der Waals surface area (Å²) in [6.07, 6.45) is 5.42. The van der Waals surface area contributed by atoms with Crippen LogP contribution in [-0.2, 0) is 0 Å². The molecule has 2 heterocycles. The number of benzene rings is 1. The first-order valence-corrected chi connectivity index (χ1v) is 7.59. The Morgan fingerprint density at radius 2 is 2.08 bits per heavy atom. The number of rotatable bonds is 5. The zero-order valence-corrected chi connectivity index (χ0v) is 13.1. The van der Waals surface area contributed by atoms with Crippen molar-refractivity contribution in [2.75, 3.05) is 17.2 Å². The van der Waals surface area contributed by atoms with Gasteiger partial charge in [-0.15, -0.1) is 0 Å². The Kier molecular flexibility index (Phi) is 4.60. The van der Waals surface area contributed by atoms with E-state index in [0.717, 1.165) is 13.0 Å². The van der Waals surface area contributed by atoms with Crippen LogP contribution in [0.25, 0.3) is 10.9 Å². The van der Waals surface area contributed by atoms with E-state index in [1.54, 1.807) is 18.3 Å². The molecule has 0 aliphatic rings. The first-order valence-electron chi connectivity index (χ1n) is 7.59. The second-order valence-corrected chi connectivity index (χ2v) is 5.20. The maximum atomic E-state index is 13.7. The minimum absolute atomic E-state index is 0.144. The van der Waals surface area contributed by atoms with E-state index in [4.69, 9.17) is 0 Å². The van der Waals surface area contributed by atoms with E-state index in [9.17, 15) is 9.18 Å². The number of amides is 1. The number of fused-ring (bicyclic) bond motifs is 1. The van der Waals surface area contributed by atoms with Gasteiger partial charge in [-0.2, -0.15) is 0 Å². The van der Waals surface area contributed by atoms with Crippen LogP contribution in [0.5, 0.6) is 0 Å². The Labute approximate surface area is 138 Å². The van der Waals surface area contributed by atoms with Crippen LogP contribution in [-0.4, -0.2) is 27.4 Å². The quantitative estimate of drug-likeness (QED) is 0.753. The van der Waals surface area contributed by atoms with Gasteiger partial charge in [0.2, 0.25) is 0 Å². The summed E-state index contributed by atoms with van der Waals surface area (Å²) in [5.74, 6) is -0.315. The van der Waals surface area contributed by atoms with Crippen molar-refractivity contribution >= 4 is 28.3 Å². The zero-order chi connectivity index (χ0) is 16.9. The molecule has 1 amide bonds. The summed E-state index contributed by atoms with van der Waals surface area (Å²) in [6.45, 7) is 2.82. The lowest BCUT2D eigenvalue weighted by atomic mass is 10.2. The first-order chi connectivity index (χ1) is 11.7. The summed E-state index contributed by atoms with van der Waals surface area (Å²) < 4.78 is 13.7. The van der Waals surface area contributed by atoms with Crippen LogP contribution in [0.3, 0.4) is 0 Å². The van der Waals surface area contributed by atoms with Gasteiger partial charge in [-0.1, -0.05) is 13.0 Å². The maximum absolute atomic E-state index is 13.7. The Morgan fingerprint density at radius 3 is 2.83 bits per heavy atom. The number of aromatic nitrogens is 3. The zero-order valence-electron chi connectivity index (χ0n) is 13.1. The molecule has 0 bridgehead atoms. The standard InChI is InChI=1S/C17H16FN5O/c1-2-5-19-15-10-21-14(9-22-15)17(24)23-13-8-12(18)7-11-4-3-6-20-16(11)13/h3-4,6-10H,2,5H2,1H3,(H,19,22)(H,23,24). The molecule has 0 aliphatic carbocycles. The van der Waals surface area contributed by atoms with Crippen LogP contribution in [0.1, 0.15) is 23.8 Å². The molecule has 0 atom stereocenters. The van der Waals surface area contributed by atoms with Gasteiger partial charge in [-0.25, -0.2) is 14.4 Å². The van der Waals surface area contributed by atoms with E-state index in [-0.39, 0.29) is 5.69 Å². The molecular formula is C17H16FN5O. The normalized spacial score (nSPS) is 10.6. The summed E-state index contributed by atoms with van der Waals surface area (Å²) in [6, 6.07) is 6.04. The highest BCUT2D eigenvalue weighted by atomic mass is 19.1. The van der Waals surface area contributed by atoms with Gasteiger partial charge in [0.05, 0.1) is 23.6 Å². The van der Waals surface area contributed by atoms with Crippen molar-refractivity contribution in [1.29, 1.82) is 0 Å². The van der Waals surface area contributed by atoms with Crippen molar-refractivity contribution in [1.82, 2.24) is 15.0 Å². The number of hydrogen-bond donors (Lipinski definition) is 2. The second-order valence-electron chi connectivity index (χ2n) is 5.20. The molecule has 2 N–H and O–H groups in total. The molecule has 24 heavy (non-hydrogen) atoms. The molecule has 1 aromatic carbocycles. The minimum Gasteiger partial charge on any atom is -0.369 e. The predicted molar refractivity (Wildman–Crippen MR) is 90.5 cm³/mol. The number of pyridine rings is 1. The number of nitrogens with one attached hydrogen (secondary N) is 2. The number of carbonyl (C=O) groups is 1. The fourth-order valence-electron chi connectivity index (χ4n) is 2.23. The molecule has 0 aliphatic heterocycles. The first kappa shape index (κ1) is 15.8. The highest BCUT2D eigenvalue weighted by Gasteiger charge is 2.12. The van der Waals surface area contributed by atoms with Crippen LogP contribution in [0, 0.1) is 5.82 Å². The molecule has 0 saturated carbocycles. The largest absolute Gasteiger partial charge is 0.369 e. The van der Waals surface area contributed by atoms with E-state index in [1.165, 1.54) is 24.5 Å². The lowest BCUT2D eigenvalue weighted by Gasteiger charge is -2.08. The van der Waals surface area contributed by atoms with Gasteiger partial charge in [0, 0.05) is 18.1 Å². The van der Waals surface area contributed by atoms with Crippen molar-refractivity contribution in [3.63, 3.8) is 0 Å². The third-order valence-corrected chi connectivity index (χ3v) is 3.36. The highest BCUT2D eigenvalue weighted by molar-refractivity contribution is 6.07. The topological polar surface area (TPSA) is 79.8 Å². The molecule has 6 nitrogen and oxygen atoms in total. The van der Waals surface area contributed by atoms with E-state index in [1.807, 2.05) is 6.92 Å². The van der Waals surface area contributed by atoms with E-state index in [2.05, 4.69) is 25.6 Å². The summed E-state index contributed by atoms with van der Waals surface area (Å²) in [5.41, 5.74) is 0.956.